The van der Waals surface area contributed by atoms with E-state index in [9.17, 15) is 13.2 Å². The fourth-order valence-corrected chi connectivity index (χ4v) is 4.50. The van der Waals surface area contributed by atoms with Crippen LogP contribution in [0.3, 0.4) is 0 Å². The van der Waals surface area contributed by atoms with Gasteiger partial charge in [0.1, 0.15) is 0 Å². The Bertz CT molecular complexity index is 582. The first-order valence-corrected chi connectivity index (χ1v) is 8.24. The van der Waals surface area contributed by atoms with Crippen LogP contribution in [0.4, 0.5) is 0 Å². The second kappa shape index (κ2) is 5.13. The summed E-state index contributed by atoms with van der Waals surface area (Å²) in [5, 5.41) is 3.45. The maximum atomic E-state index is 11.9. The van der Waals surface area contributed by atoms with Crippen molar-refractivity contribution in [1.29, 1.82) is 0 Å². The standard InChI is InChI=1S/C13H16ClNO3S/c1-13(6-7-19(17,18)9-13)15-12(16)8-10-2-4-11(14)5-3-10/h2-5H,6-9H2,1H3,(H,15,16). The molecule has 1 aliphatic heterocycles. The summed E-state index contributed by atoms with van der Waals surface area (Å²) in [6.07, 6.45) is 0.703. The lowest BCUT2D eigenvalue weighted by atomic mass is 10.0. The van der Waals surface area contributed by atoms with Crippen molar-refractivity contribution in [3.05, 3.63) is 34.9 Å². The first-order chi connectivity index (χ1) is 8.78. The minimum absolute atomic E-state index is 0.0202. The highest BCUT2D eigenvalue weighted by Crippen LogP contribution is 2.23. The molecule has 0 spiro atoms. The van der Waals surface area contributed by atoms with Crippen LogP contribution in [0, 0.1) is 0 Å². The first-order valence-electron chi connectivity index (χ1n) is 6.04. The van der Waals surface area contributed by atoms with Gasteiger partial charge in [-0.15, -0.1) is 0 Å². The summed E-state index contributed by atoms with van der Waals surface area (Å²) >= 11 is 5.77. The van der Waals surface area contributed by atoms with Crippen LogP contribution in [0.2, 0.25) is 5.02 Å². The number of hydrogen-bond acceptors (Lipinski definition) is 3. The van der Waals surface area contributed by atoms with E-state index in [0.29, 0.717) is 11.4 Å². The van der Waals surface area contributed by atoms with Crippen LogP contribution in [0.25, 0.3) is 0 Å². The maximum Gasteiger partial charge on any atom is 0.224 e. The molecule has 0 bridgehead atoms. The number of benzene rings is 1. The summed E-state index contributed by atoms with van der Waals surface area (Å²) in [5.41, 5.74) is 0.217. The van der Waals surface area contributed by atoms with Gasteiger partial charge in [0.25, 0.3) is 0 Å². The van der Waals surface area contributed by atoms with Crippen molar-refractivity contribution in [3.63, 3.8) is 0 Å². The van der Waals surface area contributed by atoms with Crippen LogP contribution < -0.4 is 5.32 Å². The van der Waals surface area contributed by atoms with Crippen LogP contribution in [0.1, 0.15) is 18.9 Å². The average Bonchev–Trinajstić information content (AvgIpc) is 2.56. The number of amides is 1. The van der Waals surface area contributed by atoms with Gasteiger partial charge >= 0.3 is 0 Å². The van der Waals surface area contributed by atoms with Gasteiger partial charge in [0.15, 0.2) is 9.84 Å². The molecule has 1 heterocycles. The van der Waals surface area contributed by atoms with E-state index in [1.165, 1.54) is 0 Å². The lowest BCUT2D eigenvalue weighted by Gasteiger charge is -2.23. The number of sulfone groups is 1. The van der Waals surface area contributed by atoms with Crippen molar-refractivity contribution in [2.75, 3.05) is 11.5 Å². The zero-order valence-electron chi connectivity index (χ0n) is 10.6. The van der Waals surface area contributed by atoms with Gasteiger partial charge in [-0.2, -0.15) is 0 Å². The number of halogens is 1. The topological polar surface area (TPSA) is 63.2 Å². The monoisotopic (exact) mass is 301 g/mol. The van der Waals surface area contributed by atoms with Crippen molar-refractivity contribution in [2.24, 2.45) is 0 Å². The number of rotatable bonds is 3. The van der Waals surface area contributed by atoms with Gasteiger partial charge in [0.2, 0.25) is 5.91 Å². The zero-order chi connectivity index (χ0) is 14.1. The molecule has 1 aromatic rings. The third kappa shape index (κ3) is 3.94. The Labute approximate surface area is 118 Å². The lowest BCUT2D eigenvalue weighted by molar-refractivity contribution is -0.121. The van der Waals surface area contributed by atoms with Crippen molar-refractivity contribution in [1.82, 2.24) is 5.32 Å². The summed E-state index contributed by atoms with van der Waals surface area (Å²) < 4.78 is 22.9. The van der Waals surface area contributed by atoms with Gasteiger partial charge < -0.3 is 5.32 Å². The Morgan fingerprint density at radius 3 is 2.53 bits per heavy atom. The van der Waals surface area contributed by atoms with Crippen molar-refractivity contribution >= 4 is 27.3 Å². The molecule has 1 N–H and O–H groups in total. The number of carbonyl (C=O) groups is 1. The maximum absolute atomic E-state index is 11.9. The van der Waals surface area contributed by atoms with Gasteiger partial charge in [-0.05, 0) is 31.0 Å². The van der Waals surface area contributed by atoms with Crippen LogP contribution in [-0.2, 0) is 21.1 Å². The van der Waals surface area contributed by atoms with E-state index in [1.54, 1.807) is 31.2 Å². The fraction of sp³-hybridized carbons (Fsp3) is 0.462. The average molecular weight is 302 g/mol. The Kier molecular flexibility index (Phi) is 3.87. The molecule has 1 saturated heterocycles. The molecule has 4 nitrogen and oxygen atoms in total. The van der Waals surface area contributed by atoms with E-state index >= 15 is 0 Å². The van der Waals surface area contributed by atoms with E-state index in [2.05, 4.69) is 5.32 Å². The number of carbonyl (C=O) groups excluding carboxylic acids is 1. The molecule has 0 aliphatic carbocycles. The van der Waals surface area contributed by atoms with E-state index in [4.69, 9.17) is 11.6 Å². The fourth-order valence-electron chi connectivity index (χ4n) is 2.28. The summed E-state index contributed by atoms with van der Waals surface area (Å²) in [6, 6.07) is 7.03. The smallest absolute Gasteiger partial charge is 0.224 e. The highest BCUT2D eigenvalue weighted by Gasteiger charge is 2.39. The second-order valence-electron chi connectivity index (χ2n) is 5.25. The van der Waals surface area contributed by atoms with Gasteiger partial charge in [0, 0.05) is 5.02 Å². The molecule has 0 saturated carbocycles. The summed E-state index contributed by atoms with van der Waals surface area (Å²) in [7, 11) is -3.01. The highest BCUT2D eigenvalue weighted by atomic mass is 35.5. The third-order valence-electron chi connectivity index (χ3n) is 3.22. The lowest BCUT2D eigenvalue weighted by Crippen LogP contribution is -2.47. The molecule has 0 aromatic heterocycles. The first kappa shape index (κ1) is 14.3. The van der Waals surface area contributed by atoms with Crippen LogP contribution in [0.5, 0.6) is 0 Å². The second-order valence-corrected chi connectivity index (χ2v) is 7.87. The molecule has 2 rings (SSSR count). The molecule has 1 amide bonds. The van der Waals surface area contributed by atoms with Crippen molar-refractivity contribution in [2.45, 2.75) is 25.3 Å². The number of hydrogen-bond donors (Lipinski definition) is 1. The molecule has 1 aromatic carbocycles. The molecular weight excluding hydrogens is 286 g/mol. The highest BCUT2D eigenvalue weighted by molar-refractivity contribution is 7.91. The van der Waals surface area contributed by atoms with Gasteiger partial charge in [0.05, 0.1) is 23.5 Å². The largest absolute Gasteiger partial charge is 0.350 e. The minimum Gasteiger partial charge on any atom is -0.350 e. The van der Waals surface area contributed by atoms with Crippen LogP contribution in [0.15, 0.2) is 24.3 Å². The molecule has 0 radical (unpaired) electrons. The molecule has 6 heteroatoms. The Balaban J connectivity index is 1.97. The van der Waals surface area contributed by atoms with Crippen molar-refractivity contribution in [3.8, 4) is 0 Å². The Morgan fingerprint density at radius 1 is 1.37 bits per heavy atom. The Morgan fingerprint density at radius 2 is 2.00 bits per heavy atom. The molecule has 1 atom stereocenters. The number of nitrogens with one attached hydrogen (secondary N) is 1. The van der Waals surface area contributed by atoms with E-state index < -0.39 is 15.4 Å². The summed E-state index contributed by atoms with van der Waals surface area (Å²) in [5.74, 6) is -0.00111. The summed E-state index contributed by atoms with van der Waals surface area (Å²) in [4.78, 5) is 11.9. The quantitative estimate of drug-likeness (QED) is 0.922. The molecule has 1 unspecified atom stereocenters. The SMILES string of the molecule is CC1(NC(=O)Cc2ccc(Cl)cc2)CCS(=O)(=O)C1. The molecule has 1 fully saturated rings. The predicted octanol–water partition coefficient (Wildman–Crippen LogP) is 1.58. The third-order valence-corrected chi connectivity index (χ3v) is 5.38. The van der Waals surface area contributed by atoms with E-state index in [0.717, 1.165) is 5.56 Å². The van der Waals surface area contributed by atoms with Gasteiger partial charge in [-0.3, -0.25) is 4.79 Å². The molecule has 104 valence electrons. The van der Waals surface area contributed by atoms with Crippen LogP contribution in [-0.4, -0.2) is 31.4 Å². The van der Waals surface area contributed by atoms with Crippen molar-refractivity contribution < 1.29 is 13.2 Å². The van der Waals surface area contributed by atoms with E-state index in [-0.39, 0.29) is 23.8 Å². The molecule has 1 aliphatic rings. The summed E-state index contributed by atoms with van der Waals surface area (Å²) in [6.45, 7) is 1.78. The van der Waals surface area contributed by atoms with Crippen LogP contribution >= 0.6 is 11.6 Å². The zero-order valence-corrected chi connectivity index (χ0v) is 12.2. The normalized spacial score (nSPS) is 25.2. The predicted molar refractivity (Wildman–Crippen MR) is 75.0 cm³/mol. The van der Waals surface area contributed by atoms with Gasteiger partial charge in [-0.1, -0.05) is 23.7 Å². The minimum atomic E-state index is -3.01. The Hall–Kier alpha value is -1.07. The molecular formula is C13H16ClNO3S. The molecule has 19 heavy (non-hydrogen) atoms. The van der Waals surface area contributed by atoms with E-state index in [1.807, 2.05) is 0 Å². The van der Waals surface area contributed by atoms with Gasteiger partial charge in [-0.25, -0.2) is 8.42 Å².